The van der Waals surface area contributed by atoms with Crippen LogP contribution in [0.1, 0.15) is 50.6 Å². The number of nitrogens with one attached hydrogen (secondary N) is 1. The van der Waals surface area contributed by atoms with Gasteiger partial charge in [0.05, 0.1) is 20.1 Å². The fraction of sp³-hybridized carbons (Fsp3) is 0.577. The van der Waals surface area contributed by atoms with Crippen LogP contribution in [0.4, 0.5) is 5.13 Å². The molecule has 1 aromatic carbocycles. The molecule has 11 heteroatoms. The Balaban J connectivity index is 1.27. The normalized spacial score (nSPS) is 18.7. The van der Waals surface area contributed by atoms with Crippen molar-refractivity contribution in [2.45, 2.75) is 52.0 Å². The summed E-state index contributed by atoms with van der Waals surface area (Å²) in [5, 5.41) is 12.5. The highest BCUT2D eigenvalue weighted by Crippen LogP contribution is 2.31. The first-order valence-electron chi connectivity index (χ1n) is 12.5. The number of hydrogen-bond acceptors (Lipinski definition) is 8. The average molecular weight is 530 g/mol. The highest BCUT2D eigenvalue weighted by Gasteiger charge is 2.41. The van der Waals surface area contributed by atoms with Gasteiger partial charge in [-0.2, -0.15) is 0 Å². The summed E-state index contributed by atoms with van der Waals surface area (Å²) in [6, 6.07) is 5.69. The summed E-state index contributed by atoms with van der Waals surface area (Å²) in [5.41, 5.74) is 0.710. The molecule has 2 saturated heterocycles. The number of likely N-dealkylation sites (tertiary alicyclic amines) is 2. The zero-order valence-electron chi connectivity index (χ0n) is 22.1. The summed E-state index contributed by atoms with van der Waals surface area (Å²) >= 11 is 1.34. The average Bonchev–Trinajstić information content (AvgIpc) is 3.49. The van der Waals surface area contributed by atoms with Gasteiger partial charge >= 0.3 is 0 Å². The molecule has 2 fully saturated rings. The highest BCUT2D eigenvalue weighted by molar-refractivity contribution is 7.15. The molecule has 1 atom stereocenters. The van der Waals surface area contributed by atoms with Crippen LogP contribution in [0.25, 0.3) is 0 Å². The molecule has 1 unspecified atom stereocenters. The van der Waals surface area contributed by atoms with Crippen LogP contribution in [0, 0.1) is 11.8 Å². The van der Waals surface area contributed by atoms with Crippen LogP contribution in [0.2, 0.25) is 0 Å². The number of benzene rings is 1. The third-order valence-electron chi connectivity index (χ3n) is 6.96. The molecule has 4 rings (SSSR count). The second kappa shape index (κ2) is 11.0. The maximum absolute atomic E-state index is 13.0. The Labute approximate surface area is 221 Å². The Hall–Kier alpha value is -3.21. The number of carbonyl (C=O) groups excluding carboxylic acids is 3. The Bertz CT molecular complexity index is 1150. The van der Waals surface area contributed by atoms with E-state index in [0.29, 0.717) is 55.5 Å². The predicted octanol–water partition coefficient (Wildman–Crippen LogP) is 2.97. The van der Waals surface area contributed by atoms with Crippen molar-refractivity contribution in [3.05, 3.63) is 28.8 Å². The largest absolute Gasteiger partial charge is 0.493 e. The zero-order chi connectivity index (χ0) is 26.7. The summed E-state index contributed by atoms with van der Waals surface area (Å²) in [6.45, 7) is 7.44. The van der Waals surface area contributed by atoms with Gasteiger partial charge in [0.15, 0.2) is 11.5 Å². The molecule has 2 aliphatic rings. The van der Waals surface area contributed by atoms with Crippen molar-refractivity contribution in [1.82, 2.24) is 20.0 Å². The molecule has 0 radical (unpaired) electrons. The molecule has 10 nitrogen and oxygen atoms in total. The SMILES string of the molecule is COc1ccc(Cc2nnc(NC(=O)C3CCN(C(=O)C4CC(=O)N(C(C)(C)C)C4)CC3)s2)cc1OC. The van der Waals surface area contributed by atoms with Gasteiger partial charge in [-0.15, -0.1) is 10.2 Å². The van der Waals surface area contributed by atoms with Crippen LogP contribution in [0.3, 0.4) is 0 Å². The summed E-state index contributed by atoms with van der Waals surface area (Å²) in [4.78, 5) is 41.9. The standard InChI is InChI=1S/C26H35N5O5S/c1-26(2,3)31-15-18(14-22(31)32)24(34)30-10-8-17(9-11-30)23(33)27-25-29-28-21(37-25)13-16-6-7-19(35-4)20(12-16)36-5/h6-7,12,17-18H,8-11,13-15H2,1-5H3,(H,27,29,33). The van der Waals surface area contributed by atoms with Crippen LogP contribution < -0.4 is 14.8 Å². The van der Waals surface area contributed by atoms with E-state index in [4.69, 9.17) is 9.47 Å². The van der Waals surface area contributed by atoms with Crippen LogP contribution in [-0.2, 0) is 20.8 Å². The van der Waals surface area contributed by atoms with E-state index in [1.54, 1.807) is 24.0 Å². The van der Waals surface area contributed by atoms with Gasteiger partial charge in [0.2, 0.25) is 22.9 Å². The minimum absolute atomic E-state index is 0.0166. The van der Waals surface area contributed by atoms with Crippen LogP contribution in [-0.4, -0.2) is 77.1 Å². The van der Waals surface area contributed by atoms with Crippen LogP contribution in [0.5, 0.6) is 11.5 Å². The Kier molecular flexibility index (Phi) is 8.01. The lowest BCUT2D eigenvalue weighted by molar-refractivity contribution is -0.138. The number of aromatic nitrogens is 2. The minimum Gasteiger partial charge on any atom is -0.493 e. The number of rotatable bonds is 7. The minimum atomic E-state index is -0.303. The molecule has 3 amide bonds. The second-order valence-electron chi connectivity index (χ2n) is 10.5. The summed E-state index contributed by atoms with van der Waals surface area (Å²) in [7, 11) is 3.19. The van der Waals surface area contributed by atoms with E-state index in [1.807, 2.05) is 39.0 Å². The van der Waals surface area contributed by atoms with E-state index in [-0.39, 0.29) is 41.5 Å². The monoisotopic (exact) mass is 529 g/mol. The molecule has 2 aromatic rings. The quantitative estimate of drug-likeness (QED) is 0.587. The van der Waals surface area contributed by atoms with Gasteiger partial charge in [-0.1, -0.05) is 17.4 Å². The van der Waals surface area contributed by atoms with Gasteiger partial charge in [-0.25, -0.2) is 0 Å². The van der Waals surface area contributed by atoms with Crippen molar-refractivity contribution < 1.29 is 23.9 Å². The fourth-order valence-electron chi connectivity index (χ4n) is 4.89. The Morgan fingerprint density at radius 3 is 2.41 bits per heavy atom. The maximum atomic E-state index is 13.0. The van der Waals surface area contributed by atoms with E-state index in [1.165, 1.54) is 11.3 Å². The number of nitrogens with zero attached hydrogens (tertiary/aromatic N) is 4. The lowest BCUT2D eigenvalue weighted by atomic mass is 9.94. The molecule has 1 aromatic heterocycles. The lowest BCUT2D eigenvalue weighted by Crippen LogP contribution is -2.46. The van der Waals surface area contributed by atoms with Crippen LogP contribution >= 0.6 is 11.3 Å². The third kappa shape index (κ3) is 6.20. The van der Waals surface area contributed by atoms with Gasteiger partial charge < -0.3 is 24.6 Å². The van der Waals surface area contributed by atoms with E-state index in [2.05, 4.69) is 15.5 Å². The molecule has 0 bridgehead atoms. The molecule has 0 saturated carbocycles. The van der Waals surface area contributed by atoms with E-state index in [0.717, 1.165) is 10.6 Å². The van der Waals surface area contributed by atoms with Crippen molar-refractivity contribution in [3.8, 4) is 11.5 Å². The smallest absolute Gasteiger partial charge is 0.229 e. The lowest BCUT2D eigenvalue weighted by Gasteiger charge is -2.34. The number of methoxy groups -OCH3 is 2. The molecule has 2 aliphatic heterocycles. The van der Waals surface area contributed by atoms with Gasteiger partial charge in [0, 0.05) is 43.9 Å². The Morgan fingerprint density at radius 1 is 1.08 bits per heavy atom. The first-order valence-corrected chi connectivity index (χ1v) is 13.3. The number of piperidine rings is 1. The summed E-state index contributed by atoms with van der Waals surface area (Å²) in [6.07, 6.45) is 1.99. The van der Waals surface area contributed by atoms with Crippen molar-refractivity contribution in [2.24, 2.45) is 11.8 Å². The molecule has 0 aliphatic carbocycles. The maximum Gasteiger partial charge on any atom is 0.229 e. The first-order chi connectivity index (χ1) is 17.6. The van der Waals surface area contributed by atoms with E-state index < -0.39 is 0 Å². The van der Waals surface area contributed by atoms with E-state index >= 15 is 0 Å². The summed E-state index contributed by atoms with van der Waals surface area (Å²) < 4.78 is 10.6. The van der Waals surface area contributed by atoms with Crippen molar-refractivity contribution in [3.63, 3.8) is 0 Å². The number of anilines is 1. The molecular formula is C26H35N5O5S. The van der Waals surface area contributed by atoms with Crippen molar-refractivity contribution in [2.75, 3.05) is 39.2 Å². The number of hydrogen-bond donors (Lipinski definition) is 1. The summed E-state index contributed by atoms with van der Waals surface area (Å²) in [5.74, 6) is 0.754. The number of carbonyl (C=O) groups is 3. The van der Waals surface area contributed by atoms with Crippen molar-refractivity contribution in [1.29, 1.82) is 0 Å². The van der Waals surface area contributed by atoms with Gasteiger partial charge in [-0.3, -0.25) is 14.4 Å². The van der Waals surface area contributed by atoms with Crippen molar-refractivity contribution >= 4 is 34.2 Å². The molecule has 3 heterocycles. The zero-order valence-corrected chi connectivity index (χ0v) is 22.9. The van der Waals surface area contributed by atoms with Gasteiger partial charge in [-0.05, 0) is 51.3 Å². The molecule has 37 heavy (non-hydrogen) atoms. The topological polar surface area (TPSA) is 114 Å². The molecule has 1 N–H and O–H groups in total. The predicted molar refractivity (Wildman–Crippen MR) is 140 cm³/mol. The first kappa shape index (κ1) is 26.8. The Morgan fingerprint density at radius 2 is 1.78 bits per heavy atom. The molecule has 200 valence electrons. The van der Waals surface area contributed by atoms with Gasteiger partial charge in [0.25, 0.3) is 0 Å². The fourth-order valence-corrected chi connectivity index (χ4v) is 5.67. The van der Waals surface area contributed by atoms with Crippen LogP contribution in [0.15, 0.2) is 18.2 Å². The second-order valence-corrected chi connectivity index (χ2v) is 11.6. The number of ether oxygens (including phenoxy) is 2. The van der Waals surface area contributed by atoms with Gasteiger partial charge in [0.1, 0.15) is 5.01 Å². The highest BCUT2D eigenvalue weighted by atomic mass is 32.1. The molecule has 0 spiro atoms. The van der Waals surface area contributed by atoms with E-state index in [9.17, 15) is 14.4 Å². The third-order valence-corrected chi connectivity index (χ3v) is 7.80. The molecular weight excluding hydrogens is 494 g/mol. The number of amides is 3.